The van der Waals surface area contributed by atoms with E-state index in [-0.39, 0.29) is 18.3 Å². The zero-order chi connectivity index (χ0) is 13.5. The number of carbonyl (C=O) groups excluding carboxylic acids is 1. The fourth-order valence-electron chi connectivity index (χ4n) is 1.97. The zero-order valence-electron chi connectivity index (χ0n) is 10.7. The first kappa shape index (κ1) is 13.8. The van der Waals surface area contributed by atoms with Gasteiger partial charge in [0.05, 0.1) is 0 Å². The number of nitrogens with one attached hydrogen (secondary N) is 1. The maximum Gasteiger partial charge on any atom is 0.257 e. The highest BCUT2D eigenvalue weighted by molar-refractivity contribution is 5.77. The molecule has 1 amide bonds. The van der Waals surface area contributed by atoms with E-state index in [2.05, 4.69) is 5.32 Å². The van der Waals surface area contributed by atoms with Crippen molar-refractivity contribution in [1.29, 1.82) is 0 Å². The van der Waals surface area contributed by atoms with Gasteiger partial charge < -0.3 is 14.8 Å². The van der Waals surface area contributed by atoms with Crippen LogP contribution in [0.2, 0.25) is 0 Å². The molecule has 104 valence electrons. The standard InChI is InChI=1S/C14H18FNO3/c15-12-2-1-3-13(8-12)19-10-14(17)16-9-11-4-6-18-7-5-11/h1-3,8,11H,4-7,9-10H2,(H,16,17). The number of ether oxygens (including phenoxy) is 2. The summed E-state index contributed by atoms with van der Waals surface area (Å²) < 4.78 is 23.4. The molecule has 0 aliphatic carbocycles. The Hall–Kier alpha value is -1.62. The Labute approximate surface area is 111 Å². The normalized spacial score (nSPS) is 16.1. The van der Waals surface area contributed by atoms with Crippen molar-refractivity contribution in [1.82, 2.24) is 5.32 Å². The van der Waals surface area contributed by atoms with E-state index in [0.717, 1.165) is 26.1 Å². The van der Waals surface area contributed by atoms with Gasteiger partial charge in [-0.2, -0.15) is 0 Å². The molecule has 1 aromatic carbocycles. The molecule has 1 saturated heterocycles. The Balaban J connectivity index is 1.66. The first-order valence-corrected chi connectivity index (χ1v) is 6.47. The molecule has 19 heavy (non-hydrogen) atoms. The lowest BCUT2D eigenvalue weighted by Gasteiger charge is -2.22. The summed E-state index contributed by atoms with van der Waals surface area (Å²) >= 11 is 0. The highest BCUT2D eigenvalue weighted by Crippen LogP contribution is 2.13. The van der Waals surface area contributed by atoms with Crippen molar-refractivity contribution in [3.63, 3.8) is 0 Å². The van der Waals surface area contributed by atoms with Crippen LogP contribution in [-0.4, -0.2) is 32.3 Å². The predicted molar refractivity (Wildman–Crippen MR) is 68.4 cm³/mol. The van der Waals surface area contributed by atoms with E-state index in [1.807, 2.05) is 0 Å². The number of benzene rings is 1. The molecule has 0 atom stereocenters. The molecule has 0 saturated carbocycles. The Morgan fingerprint density at radius 3 is 2.95 bits per heavy atom. The molecule has 5 heteroatoms. The number of rotatable bonds is 5. The van der Waals surface area contributed by atoms with Crippen molar-refractivity contribution in [3.05, 3.63) is 30.1 Å². The SMILES string of the molecule is O=C(COc1cccc(F)c1)NCC1CCOCC1. The van der Waals surface area contributed by atoms with Gasteiger partial charge in [0.25, 0.3) is 5.91 Å². The third-order valence-corrected chi connectivity index (χ3v) is 3.09. The number of carbonyl (C=O) groups is 1. The summed E-state index contributed by atoms with van der Waals surface area (Å²) in [6.45, 7) is 2.09. The molecule has 0 bridgehead atoms. The fourth-order valence-corrected chi connectivity index (χ4v) is 1.97. The number of amides is 1. The molecule has 1 aliphatic rings. The van der Waals surface area contributed by atoms with Gasteiger partial charge in [0, 0.05) is 25.8 Å². The van der Waals surface area contributed by atoms with E-state index in [0.29, 0.717) is 18.2 Å². The van der Waals surface area contributed by atoms with Gasteiger partial charge in [-0.3, -0.25) is 4.79 Å². The summed E-state index contributed by atoms with van der Waals surface area (Å²) in [6.07, 6.45) is 1.95. The maximum absolute atomic E-state index is 12.9. The average molecular weight is 267 g/mol. The second kappa shape index (κ2) is 7.09. The Kier molecular flexibility index (Phi) is 5.15. The minimum absolute atomic E-state index is 0.0906. The molecule has 0 radical (unpaired) electrons. The van der Waals surface area contributed by atoms with Gasteiger partial charge >= 0.3 is 0 Å². The van der Waals surface area contributed by atoms with Crippen LogP contribution in [0, 0.1) is 11.7 Å². The minimum atomic E-state index is -0.375. The fraction of sp³-hybridized carbons (Fsp3) is 0.500. The molecule has 1 aromatic rings. The molecule has 0 unspecified atom stereocenters. The summed E-state index contributed by atoms with van der Waals surface area (Å²) in [5.41, 5.74) is 0. The monoisotopic (exact) mass is 267 g/mol. The van der Waals surface area contributed by atoms with E-state index in [4.69, 9.17) is 9.47 Å². The van der Waals surface area contributed by atoms with E-state index in [9.17, 15) is 9.18 Å². The quantitative estimate of drug-likeness (QED) is 0.884. The van der Waals surface area contributed by atoms with Gasteiger partial charge in [-0.1, -0.05) is 6.07 Å². The highest BCUT2D eigenvalue weighted by Gasteiger charge is 2.14. The molecule has 1 fully saturated rings. The number of hydrogen-bond acceptors (Lipinski definition) is 3. The molecule has 1 aliphatic heterocycles. The van der Waals surface area contributed by atoms with Gasteiger partial charge in [0.1, 0.15) is 11.6 Å². The van der Waals surface area contributed by atoms with Gasteiger partial charge in [-0.25, -0.2) is 4.39 Å². The summed E-state index contributed by atoms with van der Waals surface area (Å²) in [6, 6.07) is 5.75. The van der Waals surface area contributed by atoms with Crippen molar-refractivity contribution in [2.24, 2.45) is 5.92 Å². The largest absolute Gasteiger partial charge is 0.484 e. The zero-order valence-corrected chi connectivity index (χ0v) is 10.7. The Morgan fingerprint density at radius 2 is 2.21 bits per heavy atom. The molecule has 4 nitrogen and oxygen atoms in total. The van der Waals surface area contributed by atoms with Crippen LogP contribution in [0.25, 0.3) is 0 Å². The van der Waals surface area contributed by atoms with Gasteiger partial charge in [0.2, 0.25) is 0 Å². The highest BCUT2D eigenvalue weighted by atomic mass is 19.1. The van der Waals surface area contributed by atoms with Crippen LogP contribution in [0.1, 0.15) is 12.8 Å². The number of halogens is 1. The second-order valence-electron chi connectivity index (χ2n) is 4.61. The van der Waals surface area contributed by atoms with Crippen LogP contribution < -0.4 is 10.1 Å². The third-order valence-electron chi connectivity index (χ3n) is 3.09. The average Bonchev–Trinajstić information content (AvgIpc) is 2.44. The second-order valence-corrected chi connectivity index (χ2v) is 4.61. The van der Waals surface area contributed by atoms with Gasteiger partial charge in [0.15, 0.2) is 6.61 Å². The van der Waals surface area contributed by atoms with E-state index >= 15 is 0 Å². The summed E-state index contributed by atoms with van der Waals surface area (Å²) in [4.78, 5) is 11.6. The third kappa shape index (κ3) is 4.87. The summed E-state index contributed by atoms with van der Waals surface area (Å²) in [5, 5.41) is 2.82. The lowest BCUT2D eigenvalue weighted by molar-refractivity contribution is -0.123. The lowest BCUT2D eigenvalue weighted by atomic mass is 10.0. The van der Waals surface area contributed by atoms with Crippen LogP contribution in [0.4, 0.5) is 4.39 Å². The molecule has 2 rings (SSSR count). The molecule has 0 aromatic heterocycles. The van der Waals surface area contributed by atoms with Crippen LogP contribution in [0.5, 0.6) is 5.75 Å². The Bertz CT molecular complexity index is 419. The van der Waals surface area contributed by atoms with Crippen molar-refractivity contribution in [3.8, 4) is 5.75 Å². The van der Waals surface area contributed by atoms with Crippen molar-refractivity contribution < 1.29 is 18.7 Å². The molecule has 0 spiro atoms. The molecular formula is C14H18FNO3. The van der Waals surface area contributed by atoms with Crippen LogP contribution in [0.15, 0.2) is 24.3 Å². The van der Waals surface area contributed by atoms with Crippen molar-refractivity contribution in [2.75, 3.05) is 26.4 Å². The van der Waals surface area contributed by atoms with Crippen LogP contribution >= 0.6 is 0 Å². The molecule has 1 heterocycles. The summed E-state index contributed by atoms with van der Waals surface area (Å²) in [5.74, 6) is 0.281. The number of hydrogen-bond donors (Lipinski definition) is 1. The summed E-state index contributed by atoms with van der Waals surface area (Å²) in [7, 11) is 0. The van der Waals surface area contributed by atoms with Crippen LogP contribution in [-0.2, 0) is 9.53 Å². The van der Waals surface area contributed by atoms with Gasteiger partial charge in [-0.05, 0) is 30.9 Å². The van der Waals surface area contributed by atoms with Crippen LogP contribution in [0.3, 0.4) is 0 Å². The first-order valence-electron chi connectivity index (χ1n) is 6.47. The maximum atomic E-state index is 12.9. The Morgan fingerprint density at radius 1 is 1.42 bits per heavy atom. The minimum Gasteiger partial charge on any atom is -0.484 e. The lowest BCUT2D eigenvalue weighted by Crippen LogP contribution is -2.35. The van der Waals surface area contributed by atoms with E-state index in [1.165, 1.54) is 12.1 Å². The predicted octanol–water partition coefficient (Wildman–Crippen LogP) is 1.75. The first-order chi connectivity index (χ1) is 9.24. The van der Waals surface area contributed by atoms with Gasteiger partial charge in [-0.15, -0.1) is 0 Å². The van der Waals surface area contributed by atoms with Crippen molar-refractivity contribution in [2.45, 2.75) is 12.8 Å². The topological polar surface area (TPSA) is 47.6 Å². The molecule has 1 N–H and O–H groups in total. The van der Waals surface area contributed by atoms with Crippen molar-refractivity contribution >= 4 is 5.91 Å². The molecular weight excluding hydrogens is 249 g/mol. The van der Waals surface area contributed by atoms with E-state index < -0.39 is 0 Å². The van der Waals surface area contributed by atoms with E-state index in [1.54, 1.807) is 12.1 Å². The smallest absolute Gasteiger partial charge is 0.257 e.